The first-order valence-corrected chi connectivity index (χ1v) is 8.84. The fraction of sp³-hybridized carbons (Fsp3) is 0.368. The van der Waals surface area contributed by atoms with Gasteiger partial charge in [-0.05, 0) is 24.6 Å². The average molecular weight is 373 g/mol. The lowest BCUT2D eigenvalue weighted by Gasteiger charge is -2.34. The first kappa shape index (κ1) is 17.7. The van der Waals surface area contributed by atoms with Crippen LogP contribution in [0.3, 0.4) is 0 Å². The fourth-order valence-electron chi connectivity index (χ4n) is 3.45. The number of alkyl halides is 1. The van der Waals surface area contributed by atoms with Crippen molar-refractivity contribution >= 4 is 17.0 Å². The molecule has 142 valence electrons. The highest BCUT2D eigenvalue weighted by Crippen LogP contribution is 2.27. The van der Waals surface area contributed by atoms with E-state index in [2.05, 4.69) is 9.97 Å². The van der Waals surface area contributed by atoms with Gasteiger partial charge in [0.1, 0.15) is 17.7 Å². The van der Waals surface area contributed by atoms with Crippen molar-refractivity contribution < 1.29 is 13.5 Å². The second-order valence-corrected chi connectivity index (χ2v) is 6.73. The molecule has 1 aromatic carbocycles. The number of ether oxygens (including phenoxy) is 1. The van der Waals surface area contributed by atoms with Gasteiger partial charge in [-0.25, -0.2) is 13.8 Å². The number of anilines is 1. The van der Waals surface area contributed by atoms with Crippen LogP contribution in [0.15, 0.2) is 36.5 Å². The summed E-state index contributed by atoms with van der Waals surface area (Å²) in [5, 5.41) is 0. The second kappa shape index (κ2) is 7.11. The minimum atomic E-state index is -1.02. The number of imidazole rings is 1. The highest BCUT2D eigenvalue weighted by atomic mass is 19.1. The zero-order valence-corrected chi connectivity index (χ0v) is 15.0. The van der Waals surface area contributed by atoms with Crippen LogP contribution in [0.25, 0.3) is 11.0 Å². The third-order valence-electron chi connectivity index (χ3n) is 4.89. The number of nitrogens with two attached hydrogens (primary N) is 1. The Labute approximate surface area is 155 Å². The van der Waals surface area contributed by atoms with Gasteiger partial charge < -0.3 is 19.9 Å². The van der Waals surface area contributed by atoms with E-state index in [9.17, 15) is 8.78 Å². The lowest BCUT2D eigenvalue weighted by atomic mass is 10.1. The lowest BCUT2D eigenvalue weighted by Crippen LogP contribution is -2.50. The summed E-state index contributed by atoms with van der Waals surface area (Å²) in [5.41, 5.74) is 8.03. The summed E-state index contributed by atoms with van der Waals surface area (Å²) in [7, 11) is 1.60. The average Bonchev–Trinajstić information content (AvgIpc) is 3.01. The van der Waals surface area contributed by atoms with Crippen LogP contribution in [0.4, 0.5) is 14.7 Å². The Morgan fingerprint density at radius 1 is 1.30 bits per heavy atom. The van der Waals surface area contributed by atoms with E-state index < -0.39 is 12.2 Å². The van der Waals surface area contributed by atoms with Crippen LogP contribution in [0.1, 0.15) is 12.1 Å². The van der Waals surface area contributed by atoms with Crippen molar-refractivity contribution in [2.75, 3.05) is 25.1 Å². The number of pyridine rings is 1. The summed E-state index contributed by atoms with van der Waals surface area (Å²) in [6.45, 7) is 1.30. The molecule has 27 heavy (non-hydrogen) atoms. The normalized spacial score (nSPS) is 20.2. The van der Waals surface area contributed by atoms with E-state index in [1.807, 2.05) is 15.5 Å². The van der Waals surface area contributed by atoms with Crippen molar-refractivity contribution in [1.29, 1.82) is 0 Å². The molecule has 0 amide bonds. The van der Waals surface area contributed by atoms with Gasteiger partial charge >= 0.3 is 0 Å². The Morgan fingerprint density at radius 3 is 2.93 bits per heavy atom. The smallest absolute Gasteiger partial charge is 0.206 e. The second-order valence-electron chi connectivity index (χ2n) is 6.73. The van der Waals surface area contributed by atoms with Gasteiger partial charge in [0.15, 0.2) is 0 Å². The maximum absolute atomic E-state index is 13.8. The Bertz CT molecular complexity index is 960. The minimum Gasteiger partial charge on any atom is -0.497 e. The van der Waals surface area contributed by atoms with Crippen molar-refractivity contribution in [3.63, 3.8) is 0 Å². The molecule has 6 nitrogen and oxygen atoms in total. The van der Waals surface area contributed by atoms with Crippen molar-refractivity contribution in [1.82, 2.24) is 14.5 Å². The van der Waals surface area contributed by atoms with Gasteiger partial charge in [0.25, 0.3) is 0 Å². The van der Waals surface area contributed by atoms with Gasteiger partial charge in [-0.2, -0.15) is 0 Å². The maximum atomic E-state index is 13.8. The van der Waals surface area contributed by atoms with Crippen LogP contribution < -0.4 is 15.4 Å². The monoisotopic (exact) mass is 373 g/mol. The van der Waals surface area contributed by atoms with Crippen molar-refractivity contribution in [2.24, 2.45) is 5.73 Å². The van der Waals surface area contributed by atoms with Crippen LogP contribution >= 0.6 is 0 Å². The van der Waals surface area contributed by atoms with Gasteiger partial charge in [0.2, 0.25) is 5.95 Å². The molecule has 4 rings (SSSR count). The van der Waals surface area contributed by atoms with Gasteiger partial charge in [0.05, 0.1) is 36.4 Å². The summed E-state index contributed by atoms with van der Waals surface area (Å²) in [5.74, 6) is 0.997. The van der Waals surface area contributed by atoms with E-state index in [1.54, 1.807) is 25.4 Å². The Balaban J connectivity index is 1.77. The zero-order valence-electron chi connectivity index (χ0n) is 15.0. The number of hydrogen-bond donors (Lipinski definition) is 1. The lowest BCUT2D eigenvalue weighted by molar-refractivity contribution is 0.243. The number of benzene rings is 1. The number of fused-ring (bicyclic) bond motifs is 1. The molecule has 1 saturated heterocycles. The zero-order chi connectivity index (χ0) is 19.0. The number of rotatable bonds is 4. The first-order chi connectivity index (χ1) is 13.0. The quantitative estimate of drug-likeness (QED) is 0.761. The number of nitrogens with zero attached hydrogens (tertiary/aromatic N) is 4. The minimum absolute atomic E-state index is 0.343. The van der Waals surface area contributed by atoms with E-state index >= 15 is 0 Å². The standard InChI is InChI=1S/C19H21F2N5O/c1-27-14-4-6-23-13(9-14)10-26-18-3-2-12(20)8-17(18)24-19(26)25-7-5-15(21)16(22)11-25/h2-4,6,8-9,15-16H,5,7,10-11,22H2,1H3/t15-,16-/m1/s1. The number of methoxy groups -OCH3 is 1. The van der Waals surface area contributed by atoms with Crippen LogP contribution in [0.2, 0.25) is 0 Å². The Kier molecular flexibility index (Phi) is 4.65. The summed E-state index contributed by atoms with van der Waals surface area (Å²) in [6, 6.07) is 7.55. The third kappa shape index (κ3) is 3.44. The summed E-state index contributed by atoms with van der Waals surface area (Å²) in [6.07, 6.45) is 1.00. The van der Waals surface area contributed by atoms with E-state index in [0.717, 1.165) is 11.2 Å². The molecule has 0 radical (unpaired) electrons. The molecular formula is C19H21F2N5O. The molecule has 1 aliphatic rings. The summed E-state index contributed by atoms with van der Waals surface area (Å²) < 4.78 is 34.7. The van der Waals surface area contributed by atoms with Crippen LogP contribution in [0, 0.1) is 5.82 Å². The highest BCUT2D eigenvalue weighted by molar-refractivity contribution is 5.79. The maximum Gasteiger partial charge on any atom is 0.206 e. The highest BCUT2D eigenvalue weighted by Gasteiger charge is 2.29. The molecule has 3 heterocycles. The molecule has 0 aliphatic carbocycles. The molecule has 0 spiro atoms. The predicted molar refractivity (Wildman–Crippen MR) is 99.3 cm³/mol. The fourth-order valence-corrected chi connectivity index (χ4v) is 3.45. The molecule has 0 unspecified atom stereocenters. The Morgan fingerprint density at radius 2 is 2.15 bits per heavy atom. The van der Waals surface area contributed by atoms with Gasteiger partial charge in [0, 0.05) is 31.4 Å². The number of hydrogen-bond acceptors (Lipinski definition) is 5. The van der Waals surface area contributed by atoms with E-state index in [4.69, 9.17) is 10.5 Å². The number of piperidine rings is 1. The van der Waals surface area contributed by atoms with E-state index in [0.29, 0.717) is 43.3 Å². The molecule has 3 aromatic rings. The molecule has 1 aliphatic heterocycles. The van der Waals surface area contributed by atoms with Crippen LogP contribution in [-0.2, 0) is 6.54 Å². The van der Waals surface area contributed by atoms with E-state index in [-0.39, 0.29) is 5.82 Å². The summed E-state index contributed by atoms with van der Waals surface area (Å²) in [4.78, 5) is 11.0. The van der Waals surface area contributed by atoms with Crippen LogP contribution in [-0.4, -0.2) is 46.9 Å². The predicted octanol–water partition coefficient (Wildman–Crippen LogP) is 2.50. The van der Waals surface area contributed by atoms with E-state index in [1.165, 1.54) is 12.1 Å². The molecule has 8 heteroatoms. The van der Waals surface area contributed by atoms with Gasteiger partial charge in [-0.1, -0.05) is 0 Å². The van der Waals surface area contributed by atoms with Crippen molar-refractivity contribution in [3.8, 4) is 5.75 Å². The van der Waals surface area contributed by atoms with Crippen molar-refractivity contribution in [3.05, 3.63) is 48.0 Å². The largest absolute Gasteiger partial charge is 0.497 e. The molecule has 2 aromatic heterocycles. The number of halogens is 2. The van der Waals surface area contributed by atoms with Crippen LogP contribution in [0.5, 0.6) is 5.75 Å². The third-order valence-corrected chi connectivity index (χ3v) is 4.89. The van der Waals surface area contributed by atoms with Gasteiger partial charge in [-0.15, -0.1) is 0 Å². The van der Waals surface area contributed by atoms with Gasteiger partial charge in [-0.3, -0.25) is 4.98 Å². The SMILES string of the molecule is COc1ccnc(Cn2c(N3CC[C@@H](F)[C@H](N)C3)nc3cc(F)ccc32)c1. The molecule has 2 N–H and O–H groups in total. The Hall–Kier alpha value is -2.74. The molecule has 1 fully saturated rings. The molecule has 2 atom stereocenters. The topological polar surface area (TPSA) is 69.2 Å². The first-order valence-electron chi connectivity index (χ1n) is 8.84. The van der Waals surface area contributed by atoms with Crippen molar-refractivity contribution in [2.45, 2.75) is 25.2 Å². The summed E-state index contributed by atoms with van der Waals surface area (Å²) >= 11 is 0. The molecular weight excluding hydrogens is 352 g/mol. The molecule has 0 saturated carbocycles. The number of aromatic nitrogens is 3. The molecule has 0 bridgehead atoms.